The molecule has 1 heterocycles. The van der Waals surface area contributed by atoms with E-state index >= 15 is 0 Å². The average molecular weight is 457 g/mol. The van der Waals surface area contributed by atoms with E-state index in [4.69, 9.17) is 4.42 Å². The number of hydrogen-bond donors (Lipinski definition) is 0. The molecule has 0 spiro atoms. The van der Waals surface area contributed by atoms with Gasteiger partial charge in [-0.2, -0.15) is 0 Å². The van der Waals surface area contributed by atoms with Gasteiger partial charge in [0.05, 0.1) is 6.54 Å². The summed E-state index contributed by atoms with van der Waals surface area (Å²) in [7, 11) is 0. The maximum atomic E-state index is 13.3. The number of carbonyl (C=O) groups excluding carboxylic acids is 2. The van der Waals surface area contributed by atoms with E-state index in [-0.39, 0.29) is 30.2 Å². The van der Waals surface area contributed by atoms with Gasteiger partial charge < -0.3 is 14.2 Å². The van der Waals surface area contributed by atoms with Gasteiger partial charge in [-0.1, -0.05) is 51.2 Å². The molecule has 2 aromatic rings. The van der Waals surface area contributed by atoms with Crippen molar-refractivity contribution in [2.45, 2.75) is 90.8 Å². The highest BCUT2D eigenvalue weighted by Gasteiger charge is 2.34. The third kappa shape index (κ3) is 8.34. The van der Waals surface area contributed by atoms with Gasteiger partial charge in [-0.15, -0.1) is 0 Å². The smallest absolute Gasteiger partial charge is 0.242 e. The van der Waals surface area contributed by atoms with Crippen molar-refractivity contribution in [3.8, 4) is 0 Å². The van der Waals surface area contributed by atoms with E-state index in [1.165, 1.54) is 31.4 Å². The van der Waals surface area contributed by atoms with Crippen LogP contribution in [0, 0.1) is 12.7 Å². The van der Waals surface area contributed by atoms with Gasteiger partial charge >= 0.3 is 0 Å². The fourth-order valence-electron chi connectivity index (χ4n) is 4.05. The van der Waals surface area contributed by atoms with E-state index in [9.17, 15) is 14.0 Å². The van der Waals surface area contributed by atoms with E-state index in [1.54, 1.807) is 21.9 Å². The highest BCUT2D eigenvalue weighted by molar-refractivity contribution is 5.85. The molecule has 1 aliphatic carbocycles. The summed E-state index contributed by atoms with van der Waals surface area (Å²) in [6.07, 6.45) is 9.22. The maximum Gasteiger partial charge on any atom is 0.242 e. The standard InChI is InChI=1S/C27H37FN2O3/c1-3-4-5-6-7-8-9-26(31)30(24-15-16-24)20-27(32)29(19-25-17-10-21(2)33-25)18-22-11-13-23(28)14-12-22/h10-14,17,24H,3-9,15-16,18-20H2,1-2H3. The molecule has 1 aromatic heterocycles. The Morgan fingerprint density at radius 3 is 2.27 bits per heavy atom. The van der Waals surface area contributed by atoms with Crippen molar-refractivity contribution < 1.29 is 18.4 Å². The molecule has 0 N–H and O–H groups in total. The Kier molecular flexibility index (Phi) is 9.52. The van der Waals surface area contributed by atoms with Crippen LogP contribution < -0.4 is 0 Å². The lowest BCUT2D eigenvalue weighted by Crippen LogP contribution is -2.43. The molecule has 1 fully saturated rings. The first-order valence-corrected chi connectivity index (χ1v) is 12.3. The molecule has 180 valence electrons. The Morgan fingerprint density at radius 1 is 0.939 bits per heavy atom. The highest BCUT2D eigenvalue weighted by atomic mass is 19.1. The molecule has 3 rings (SSSR count). The Hall–Kier alpha value is -2.63. The van der Waals surface area contributed by atoms with Crippen LogP contribution >= 0.6 is 0 Å². The van der Waals surface area contributed by atoms with Crippen LogP contribution in [0.1, 0.15) is 81.8 Å². The van der Waals surface area contributed by atoms with Gasteiger partial charge in [-0.3, -0.25) is 9.59 Å². The quantitative estimate of drug-likeness (QED) is 0.328. The number of rotatable bonds is 14. The second-order valence-electron chi connectivity index (χ2n) is 9.16. The van der Waals surface area contributed by atoms with Gasteiger partial charge in [0.1, 0.15) is 23.9 Å². The van der Waals surface area contributed by atoms with Gasteiger partial charge in [-0.25, -0.2) is 4.39 Å². The fraction of sp³-hybridized carbons (Fsp3) is 0.556. The number of unbranched alkanes of at least 4 members (excludes halogenated alkanes) is 5. The molecule has 33 heavy (non-hydrogen) atoms. The summed E-state index contributed by atoms with van der Waals surface area (Å²) in [6, 6.07) is 10.1. The van der Waals surface area contributed by atoms with Crippen molar-refractivity contribution in [2.24, 2.45) is 0 Å². The molecule has 5 nitrogen and oxygen atoms in total. The zero-order chi connectivity index (χ0) is 23.6. The number of carbonyl (C=O) groups is 2. The lowest BCUT2D eigenvalue weighted by Gasteiger charge is -2.27. The number of benzene rings is 1. The minimum atomic E-state index is -0.307. The second-order valence-corrected chi connectivity index (χ2v) is 9.16. The SMILES string of the molecule is CCCCCCCCC(=O)N(CC(=O)N(Cc1ccc(F)cc1)Cc1ccc(C)o1)C1CC1. The molecule has 0 radical (unpaired) electrons. The van der Waals surface area contributed by atoms with Crippen LogP contribution in [0.2, 0.25) is 0 Å². The lowest BCUT2D eigenvalue weighted by molar-refractivity contribution is -0.142. The lowest BCUT2D eigenvalue weighted by atomic mass is 10.1. The third-order valence-corrected chi connectivity index (χ3v) is 6.14. The average Bonchev–Trinajstić information content (AvgIpc) is 3.56. The molecule has 1 aromatic carbocycles. The summed E-state index contributed by atoms with van der Waals surface area (Å²) in [6.45, 7) is 4.79. The Morgan fingerprint density at radius 2 is 1.64 bits per heavy atom. The predicted octanol–water partition coefficient (Wildman–Crippen LogP) is 6.00. The van der Waals surface area contributed by atoms with Crippen LogP contribution in [-0.4, -0.2) is 34.2 Å². The van der Waals surface area contributed by atoms with Gasteiger partial charge in [-0.05, 0) is 56.0 Å². The van der Waals surface area contributed by atoms with Crippen LogP contribution in [0.3, 0.4) is 0 Å². The molecule has 1 saturated carbocycles. The molecule has 1 aliphatic rings. The van der Waals surface area contributed by atoms with Crippen molar-refractivity contribution in [2.75, 3.05) is 6.54 Å². The number of aryl methyl sites for hydroxylation is 1. The van der Waals surface area contributed by atoms with Crippen LogP contribution in [0.25, 0.3) is 0 Å². The largest absolute Gasteiger partial charge is 0.464 e. The molecule has 0 aliphatic heterocycles. The van der Waals surface area contributed by atoms with Crippen LogP contribution in [0.15, 0.2) is 40.8 Å². The normalized spacial score (nSPS) is 13.2. The molecule has 0 saturated heterocycles. The predicted molar refractivity (Wildman–Crippen MR) is 127 cm³/mol. The summed E-state index contributed by atoms with van der Waals surface area (Å²) in [5, 5.41) is 0. The monoisotopic (exact) mass is 456 g/mol. The molecule has 0 atom stereocenters. The summed E-state index contributed by atoms with van der Waals surface area (Å²) in [5.74, 6) is 1.14. The molecular formula is C27H37FN2O3. The maximum absolute atomic E-state index is 13.3. The topological polar surface area (TPSA) is 53.8 Å². The molecule has 6 heteroatoms. The zero-order valence-electron chi connectivity index (χ0n) is 20.0. The van der Waals surface area contributed by atoms with Gasteiger partial charge in [0, 0.05) is 19.0 Å². The van der Waals surface area contributed by atoms with E-state index in [0.717, 1.165) is 43.4 Å². The molecule has 0 unspecified atom stereocenters. The molecule has 0 bridgehead atoms. The number of hydrogen-bond acceptors (Lipinski definition) is 3. The van der Waals surface area contributed by atoms with E-state index in [1.807, 2.05) is 19.1 Å². The fourth-order valence-corrected chi connectivity index (χ4v) is 4.05. The third-order valence-electron chi connectivity index (χ3n) is 6.14. The van der Waals surface area contributed by atoms with Gasteiger partial charge in [0.15, 0.2) is 0 Å². The summed E-state index contributed by atoms with van der Waals surface area (Å²) in [4.78, 5) is 29.7. The van der Waals surface area contributed by atoms with Crippen LogP contribution in [0.5, 0.6) is 0 Å². The highest BCUT2D eigenvalue weighted by Crippen LogP contribution is 2.28. The van der Waals surface area contributed by atoms with Crippen LogP contribution in [-0.2, 0) is 22.7 Å². The number of furan rings is 1. The Labute approximate surface area is 196 Å². The minimum Gasteiger partial charge on any atom is -0.464 e. The summed E-state index contributed by atoms with van der Waals surface area (Å²) in [5.41, 5.74) is 0.837. The summed E-state index contributed by atoms with van der Waals surface area (Å²) >= 11 is 0. The van der Waals surface area contributed by atoms with E-state index in [0.29, 0.717) is 25.3 Å². The van der Waals surface area contributed by atoms with Crippen molar-refractivity contribution >= 4 is 11.8 Å². The van der Waals surface area contributed by atoms with Gasteiger partial charge in [0.2, 0.25) is 11.8 Å². The van der Waals surface area contributed by atoms with E-state index < -0.39 is 0 Å². The van der Waals surface area contributed by atoms with Crippen molar-refractivity contribution in [3.05, 3.63) is 59.3 Å². The number of nitrogens with zero attached hydrogens (tertiary/aromatic N) is 2. The van der Waals surface area contributed by atoms with Gasteiger partial charge in [0.25, 0.3) is 0 Å². The number of halogens is 1. The first-order valence-electron chi connectivity index (χ1n) is 12.3. The first-order chi connectivity index (χ1) is 16.0. The zero-order valence-corrected chi connectivity index (χ0v) is 20.0. The van der Waals surface area contributed by atoms with Crippen LogP contribution in [0.4, 0.5) is 4.39 Å². The van der Waals surface area contributed by atoms with Crippen molar-refractivity contribution in [1.29, 1.82) is 0 Å². The van der Waals surface area contributed by atoms with Crippen molar-refractivity contribution in [3.63, 3.8) is 0 Å². The van der Waals surface area contributed by atoms with Crippen molar-refractivity contribution in [1.82, 2.24) is 9.80 Å². The first kappa shape index (κ1) is 25.0. The second kappa shape index (κ2) is 12.6. The minimum absolute atomic E-state index is 0.0805. The Balaban J connectivity index is 1.61. The number of amides is 2. The molecular weight excluding hydrogens is 419 g/mol. The molecule has 2 amide bonds. The summed E-state index contributed by atoms with van der Waals surface area (Å²) < 4.78 is 19.0. The van der Waals surface area contributed by atoms with E-state index in [2.05, 4.69) is 6.92 Å². The Bertz CT molecular complexity index is 889.